The van der Waals surface area contributed by atoms with E-state index in [1.54, 1.807) is 12.1 Å². The van der Waals surface area contributed by atoms with Crippen molar-refractivity contribution in [2.24, 2.45) is 11.8 Å². The van der Waals surface area contributed by atoms with Crippen molar-refractivity contribution in [3.63, 3.8) is 0 Å². The Morgan fingerprint density at radius 3 is 2.38 bits per heavy atom. The fourth-order valence-corrected chi connectivity index (χ4v) is 2.27. The maximum absolute atomic E-state index is 12.4. The second kappa shape index (κ2) is 7.87. The van der Waals surface area contributed by atoms with Crippen LogP contribution in [0.3, 0.4) is 0 Å². The topological polar surface area (TPSA) is 38.3 Å². The van der Waals surface area contributed by atoms with E-state index in [0.717, 1.165) is 5.57 Å². The number of hydrogen-bond acceptors (Lipinski definition) is 2. The first-order valence-corrected chi connectivity index (χ1v) is 7.49. The summed E-state index contributed by atoms with van der Waals surface area (Å²) in [6.07, 6.45) is 0. The molecule has 0 atom stereocenters. The second-order valence-electron chi connectivity index (χ2n) is 6.26. The monoisotopic (exact) mass is 289 g/mol. The Morgan fingerprint density at radius 2 is 1.86 bits per heavy atom. The molecule has 0 spiro atoms. The van der Waals surface area contributed by atoms with Gasteiger partial charge in [-0.1, -0.05) is 40.3 Å². The van der Waals surface area contributed by atoms with Gasteiger partial charge in [0.25, 0.3) is 5.91 Å². The lowest BCUT2D eigenvalue weighted by Crippen LogP contribution is -2.42. The summed E-state index contributed by atoms with van der Waals surface area (Å²) in [5.41, 5.74) is 1.57. The molecule has 3 nitrogen and oxygen atoms in total. The number of ether oxygens (including phenoxy) is 1. The number of carbonyl (C=O) groups excluding carboxylic acids is 1. The Balaban J connectivity index is 2.78. The van der Waals surface area contributed by atoms with Gasteiger partial charge in [0.15, 0.2) is 0 Å². The van der Waals surface area contributed by atoms with Crippen molar-refractivity contribution < 1.29 is 9.53 Å². The number of benzene rings is 1. The first-order valence-electron chi connectivity index (χ1n) is 7.49. The van der Waals surface area contributed by atoms with Gasteiger partial charge in [0.2, 0.25) is 0 Å². The molecule has 1 amide bonds. The maximum atomic E-state index is 12.4. The van der Waals surface area contributed by atoms with E-state index in [4.69, 9.17) is 4.74 Å². The molecule has 1 rings (SSSR count). The quantitative estimate of drug-likeness (QED) is 0.769. The van der Waals surface area contributed by atoms with Crippen LogP contribution in [-0.4, -0.2) is 18.6 Å². The van der Waals surface area contributed by atoms with Crippen molar-refractivity contribution in [3.05, 3.63) is 42.0 Å². The average Bonchev–Trinajstić information content (AvgIpc) is 2.41. The molecule has 0 unspecified atom stereocenters. The van der Waals surface area contributed by atoms with Crippen LogP contribution in [0.4, 0.5) is 0 Å². The van der Waals surface area contributed by atoms with Gasteiger partial charge < -0.3 is 10.1 Å². The van der Waals surface area contributed by atoms with Crippen LogP contribution in [0.5, 0.6) is 5.75 Å². The first-order chi connectivity index (χ1) is 9.81. The molecule has 0 aliphatic rings. The Labute approximate surface area is 128 Å². The van der Waals surface area contributed by atoms with E-state index >= 15 is 0 Å². The minimum absolute atomic E-state index is 0.0526. The fourth-order valence-electron chi connectivity index (χ4n) is 2.27. The first kappa shape index (κ1) is 17.3. The summed E-state index contributed by atoms with van der Waals surface area (Å²) in [5, 5.41) is 3.11. The molecule has 0 aliphatic heterocycles. The highest BCUT2D eigenvalue weighted by Crippen LogP contribution is 2.16. The van der Waals surface area contributed by atoms with E-state index in [9.17, 15) is 4.79 Å². The zero-order valence-electron chi connectivity index (χ0n) is 13.8. The third-order valence-corrected chi connectivity index (χ3v) is 3.32. The zero-order chi connectivity index (χ0) is 16.0. The van der Waals surface area contributed by atoms with Gasteiger partial charge >= 0.3 is 0 Å². The molecule has 0 aliphatic carbocycles. The molecule has 0 saturated heterocycles. The summed E-state index contributed by atoms with van der Waals surface area (Å²) < 4.78 is 5.58. The lowest BCUT2D eigenvalue weighted by molar-refractivity contribution is 0.0910. The van der Waals surface area contributed by atoms with E-state index in [1.165, 1.54) is 0 Å². The van der Waals surface area contributed by atoms with Crippen LogP contribution in [0.2, 0.25) is 0 Å². The van der Waals surface area contributed by atoms with Crippen LogP contribution < -0.4 is 10.1 Å². The molecule has 0 bridgehead atoms. The van der Waals surface area contributed by atoms with Crippen molar-refractivity contribution in [1.82, 2.24) is 5.32 Å². The molecule has 1 N–H and O–H groups in total. The second-order valence-corrected chi connectivity index (χ2v) is 6.26. The normalized spacial score (nSPS) is 11.0. The molecule has 0 saturated carbocycles. The molecule has 116 valence electrons. The average molecular weight is 289 g/mol. The smallest absolute Gasteiger partial charge is 0.251 e. The summed E-state index contributed by atoms with van der Waals surface area (Å²) in [5.74, 6) is 1.44. The number of rotatable bonds is 7. The predicted octanol–water partition coefficient (Wildman–Crippen LogP) is 4.05. The highest BCUT2D eigenvalue weighted by molar-refractivity contribution is 5.94. The number of nitrogens with one attached hydrogen (secondary N) is 1. The fraction of sp³-hybridized carbons (Fsp3) is 0.500. The third kappa shape index (κ3) is 5.62. The van der Waals surface area contributed by atoms with Crippen LogP contribution in [0.25, 0.3) is 0 Å². The zero-order valence-corrected chi connectivity index (χ0v) is 13.8. The van der Waals surface area contributed by atoms with Crippen molar-refractivity contribution in [1.29, 1.82) is 0 Å². The van der Waals surface area contributed by atoms with Gasteiger partial charge in [-0.3, -0.25) is 4.79 Å². The van der Waals surface area contributed by atoms with Crippen LogP contribution in [0.1, 0.15) is 45.0 Å². The minimum atomic E-state index is -0.0526. The molecular formula is C18H27NO2. The highest BCUT2D eigenvalue weighted by atomic mass is 16.5. The van der Waals surface area contributed by atoms with Gasteiger partial charge in [-0.2, -0.15) is 0 Å². The third-order valence-electron chi connectivity index (χ3n) is 3.32. The maximum Gasteiger partial charge on any atom is 0.251 e. The van der Waals surface area contributed by atoms with Crippen molar-refractivity contribution in [3.8, 4) is 5.75 Å². The summed E-state index contributed by atoms with van der Waals surface area (Å²) >= 11 is 0. The van der Waals surface area contributed by atoms with Gasteiger partial charge in [0.05, 0.1) is 0 Å². The van der Waals surface area contributed by atoms with E-state index in [1.807, 2.05) is 19.1 Å². The van der Waals surface area contributed by atoms with Crippen LogP contribution in [0.15, 0.2) is 36.4 Å². The van der Waals surface area contributed by atoms with Gasteiger partial charge in [0, 0.05) is 11.6 Å². The molecule has 3 heteroatoms. The van der Waals surface area contributed by atoms with E-state index in [-0.39, 0.29) is 11.9 Å². The summed E-state index contributed by atoms with van der Waals surface area (Å²) in [6.45, 7) is 14.7. The SMILES string of the molecule is C=C(C)COc1cccc(C(=O)NC(C(C)C)C(C)C)c1. The molecule has 1 aromatic rings. The van der Waals surface area contributed by atoms with E-state index in [0.29, 0.717) is 29.8 Å². The van der Waals surface area contributed by atoms with Gasteiger partial charge in [0.1, 0.15) is 12.4 Å². The number of hydrogen-bond donors (Lipinski definition) is 1. The summed E-state index contributed by atoms with van der Waals surface area (Å²) in [6, 6.07) is 7.43. The van der Waals surface area contributed by atoms with Crippen LogP contribution in [-0.2, 0) is 0 Å². The molecule has 0 radical (unpaired) electrons. The molecule has 21 heavy (non-hydrogen) atoms. The Bertz CT molecular complexity index is 484. The standard InChI is InChI=1S/C18H27NO2/c1-12(2)11-21-16-9-7-8-15(10-16)18(20)19-17(13(3)4)14(5)6/h7-10,13-14,17H,1,11H2,2-6H3,(H,19,20). The van der Waals surface area contributed by atoms with Crippen molar-refractivity contribution in [2.75, 3.05) is 6.61 Å². The molecular weight excluding hydrogens is 262 g/mol. The van der Waals surface area contributed by atoms with Crippen LogP contribution in [0, 0.1) is 11.8 Å². The minimum Gasteiger partial charge on any atom is -0.489 e. The lowest BCUT2D eigenvalue weighted by atomic mass is 9.93. The van der Waals surface area contributed by atoms with Gasteiger partial charge in [-0.05, 0) is 42.5 Å². The number of amides is 1. The Kier molecular flexibility index (Phi) is 6.47. The van der Waals surface area contributed by atoms with Crippen LogP contribution >= 0.6 is 0 Å². The number of carbonyl (C=O) groups is 1. The van der Waals surface area contributed by atoms with Gasteiger partial charge in [-0.15, -0.1) is 0 Å². The highest BCUT2D eigenvalue weighted by Gasteiger charge is 2.20. The Morgan fingerprint density at radius 1 is 1.24 bits per heavy atom. The van der Waals surface area contributed by atoms with Gasteiger partial charge in [-0.25, -0.2) is 0 Å². The lowest BCUT2D eigenvalue weighted by Gasteiger charge is -2.26. The Hall–Kier alpha value is -1.77. The molecule has 0 aromatic heterocycles. The molecule has 0 fully saturated rings. The summed E-state index contributed by atoms with van der Waals surface area (Å²) in [4.78, 5) is 12.4. The predicted molar refractivity (Wildman–Crippen MR) is 87.7 cm³/mol. The largest absolute Gasteiger partial charge is 0.489 e. The molecule has 0 heterocycles. The van der Waals surface area contributed by atoms with E-state index < -0.39 is 0 Å². The van der Waals surface area contributed by atoms with E-state index in [2.05, 4.69) is 39.6 Å². The van der Waals surface area contributed by atoms with Crippen molar-refractivity contribution in [2.45, 2.75) is 40.7 Å². The van der Waals surface area contributed by atoms with Crippen molar-refractivity contribution >= 4 is 5.91 Å². The summed E-state index contributed by atoms with van der Waals surface area (Å²) in [7, 11) is 0. The molecule has 1 aromatic carbocycles.